The van der Waals surface area contributed by atoms with Crippen LogP contribution in [0, 0.1) is 6.92 Å². The minimum atomic E-state index is -3.53. The quantitative estimate of drug-likeness (QED) is 0.775. The van der Waals surface area contributed by atoms with E-state index in [1.807, 2.05) is 12.3 Å². The minimum Gasteiger partial charge on any atom is -0.250 e. The molecule has 0 spiro atoms. The second-order valence-electron chi connectivity index (χ2n) is 4.16. The fourth-order valence-electron chi connectivity index (χ4n) is 1.59. The molecule has 1 aromatic heterocycles. The van der Waals surface area contributed by atoms with Crippen molar-refractivity contribution in [3.05, 3.63) is 43.2 Å². The number of nitrogens with one attached hydrogen (secondary N) is 1. The van der Waals surface area contributed by atoms with Crippen molar-refractivity contribution in [2.75, 3.05) is 6.54 Å². The van der Waals surface area contributed by atoms with Crippen LogP contribution in [0.1, 0.15) is 11.3 Å². The van der Waals surface area contributed by atoms with Crippen molar-refractivity contribution in [3.63, 3.8) is 0 Å². The Morgan fingerprint density at radius 2 is 2.05 bits per heavy atom. The third kappa shape index (κ3) is 3.88. The Bertz CT molecular complexity index is 700. The van der Waals surface area contributed by atoms with Gasteiger partial charge in [0.25, 0.3) is 0 Å². The molecule has 1 N–H and O–H groups in total. The summed E-state index contributed by atoms with van der Waals surface area (Å²) in [5.41, 5.74) is 3.59. The van der Waals surface area contributed by atoms with E-state index in [0.717, 1.165) is 15.7 Å². The van der Waals surface area contributed by atoms with Crippen LogP contribution in [0.25, 0.3) is 0 Å². The number of aromatic nitrogens is 1. The van der Waals surface area contributed by atoms with Crippen molar-refractivity contribution in [3.8, 4) is 0 Å². The molecular weight excluding hydrogens is 428 g/mol. The maximum Gasteiger partial charge on any atom is 0.241 e. The highest BCUT2D eigenvalue weighted by molar-refractivity contribution is 9.11. The lowest BCUT2D eigenvalue weighted by molar-refractivity contribution is 0.581. The van der Waals surface area contributed by atoms with E-state index in [1.54, 1.807) is 17.6 Å². The first-order valence-corrected chi connectivity index (χ1v) is 9.74. The van der Waals surface area contributed by atoms with Gasteiger partial charge in [0.2, 0.25) is 10.0 Å². The number of thiazole rings is 1. The maximum absolute atomic E-state index is 12.3. The van der Waals surface area contributed by atoms with Crippen LogP contribution in [0.3, 0.4) is 0 Å². The fourth-order valence-corrected chi connectivity index (χ4v) is 4.89. The van der Waals surface area contributed by atoms with E-state index < -0.39 is 10.0 Å². The lowest BCUT2D eigenvalue weighted by atomic mass is 10.2. The highest BCUT2D eigenvalue weighted by Gasteiger charge is 2.18. The Labute approximate surface area is 138 Å². The van der Waals surface area contributed by atoms with E-state index in [9.17, 15) is 8.42 Å². The van der Waals surface area contributed by atoms with E-state index >= 15 is 0 Å². The van der Waals surface area contributed by atoms with Crippen molar-refractivity contribution in [1.29, 1.82) is 0 Å². The number of hydrogen-bond acceptors (Lipinski definition) is 4. The summed E-state index contributed by atoms with van der Waals surface area (Å²) in [4.78, 5) is 4.35. The molecule has 0 radical (unpaired) electrons. The number of aryl methyl sites for hydroxylation is 1. The lowest BCUT2D eigenvalue weighted by Crippen LogP contribution is -2.26. The second-order valence-corrected chi connectivity index (χ2v) is 8.32. The third-order valence-electron chi connectivity index (χ3n) is 2.66. The van der Waals surface area contributed by atoms with E-state index in [4.69, 9.17) is 0 Å². The molecule has 0 saturated heterocycles. The van der Waals surface area contributed by atoms with Crippen molar-refractivity contribution < 1.29 is 8.42 Å². The van der Waals surface area contributed by atoms with E-state index in [1.165, 1.54) is 11.3 Å². The van der Waals surface area contributed by atoms with Gasteiger partial charge in [-0.15, -0.1) is 11.3 Å². The SMILES string of the molecule is Cc1cc(Br)c(S(=O)(=O)NCCc2cscn2)cc1Br. The van der Waals surface area contributed by atoms with Crippen molar-refractivity contribution in [1.82, 2.24) is 9.71 Å². The first-order chi connectivity index (χ1) is 9.40. The summed E-state index contributed by atoms with van der Waals surface area (Å²) >= 11 is 8.15. The number of sulfonamides is 1. The van der Waals surface area contributed by atoms with Gasteiger partial charge in [-0.3, -0.25) is 0 Å². The van der Waals surface area contributed by atoms with Gasteiger partial charge < -0.3 is 0 Å². The van der Waals surface area contributed by atoms with Gasteiger partial charge in [0.05, 0.1) is 16.1 Å². The Balaban J connectivity index is 2.12. The predicted octanol–water partition coefficient (Wildman–Crippen LogP) is 3.50. The molecule has 0 bridgehead atoms. The molecule has 0 fully saturated rings. The summed E-state index contributed by atoms with van der Waals surface area (Å²) in [6.45, 7) is 2.23. The largest absolute Gasteiger partial charge is 0.250 e. The number of nitrogens with zero attached hydrogens (tertiary/aromatic N) is 1. The summed E-state index contributed by atoms with van der Waals surface area (Å²) in [5.74, 6) is 0. The van der Waals surface area contributed by atoms with E-state index in [-0.39, 0.29) is 4.90 Å². The average Bonchev–Trinajstić information content (AvgIpc) is 2.86. The highest BCUT2D eigenvalue weighted by atomic mass is 79.9. The maximum atomic E-state index is 12.3. The number of hydrogen-bond donors (Lipinski definition) is 1. The predicted molar refractivity (Wildman–Crippen MR) is 87.6 cm³/mol. The zero-order chi connectivity index (χ0) is 14.8. The van der Waals surface area contributed by atoms with E-state index in [2.05, 4.69) is 41.6 Å². The summed E-state index contributed by atoms with van der Waals surface area (Å²) in [5, 5.41) is 1.91. The van der Waals surface area contributed by atoms with Crippen LogP contribution < -0.4 is 4.72 Å². The molecule has 0 saturated carbocycles. The zero-order valence-corrected chi connectivity index (χ0v) is 15.4. The molecule has 1 aromatic carbocycles. The molecule has 1 heterocycles. The Morgan fingerprint density at radius 1 is 1.30 bits per heavy atom. The Morgan fingerprint density at radius 3 is 2.70 bits per heavy atom. The van der Waals surface area contributed by atoms with Gasteiger partial charge in [0, 0.05) is 27.3 Å². The summed E-state index contributed by atoms with van der Waals surface area (Å²) < 4.78 is 28.4. The molecule has 0 unspecified atom stereocenters. The lowest BCUT2D eigenvalue weighted by Gasteiger charge is -2.10. The minimum absolute atomic E-state index is 0.230. The standard InChI is InChI=1S/C12H12Br2N2O2S2/c1-8-4-11(14)12(5-10(8)13)20(17,18)16-3-2-9-6-19-7-15-9/h4-7,16H,2-3H2,1H3. The van der Waals surface area contributed by atoms with Gasteiger partial charge in [0.15, 0.2) is 0 Å². The zero-order valence-electron chi connectivity index (χ0n) is 10.6. The molecule has 8 heteroatoms. The van der Waals surface area contributed by atoms with Crippen LogP contribution in [0.2, 0.25) is 0 Å². The van der Waals surface area contributed by atoms with Crippen LogP contribution in [-0.2, 0) is 16.4 Å². The first-order valence-electron chi connectivity index (χ1n) is 5.72. The van der Waals surface area contributed by atoms with Crippen molar-refractivity contribution >= 4 is 53.2 Å². The average molecular weight is 440 g/mol. The van der Waals surface area contributed by atoms with Gasteiger partial charge in [-0.25, -0.2) is 18.1 Å². The summed E-state index contributed by atoms with van der Waals surface area (Å²) in [6, 6.07) is 3.38. The topological polar surface area (TPSA) is 59.1 Å². The fraction of sp³-hybridized carbons (Fsp3) is 0.250. The molecule has 0 aliphatic heterocycles. The third-order valence-corrected chi connectivity index (χ3v) is 6.57. The van der Waals surface area contributed by atoms with Gasteiger partial charge in [-0.1, -0.05) is 15.9 Å². The molecule has 4 nitrogen and oxygen atoms in total. The van der Waals surface area contributed by atoms with Gasteiger partial charge in [-0.05, 0) is 40.5 Å². The molecule has 0 atom stereocenters. The molecule has 2 rings (SSSR count). The van der Waals surface area contributed by atoms with Crippen molar-refractivity contribution in [2.24, 2.45) is 0 Å². The van der Waals surface area contributed by atoms with Gasteiger partial charge >= 0.3 is 0 Å². The van der Waals surface area contributed by atoms with Crippen molar-refractivity contribution in [2.45, 2.75) is 18.2 Å². The van der Waals surface area contributed by atoms with Crippen LogP contribution in [0.4, 0.5) is 0 Å². The summed E-state index contributed by atoms with van der Waals surface area (Å²) in [6.07, 6.45) is 0.577. The first kappa shape index (κ1) is 16.1. The van der Waals surface area contributed by atoms with Crippen LogP contribution in [0.5, 0.6) is 0 Å². The van der Waals surface area contributed by atoms with E-state index in [0.29, 0.717) is 17.4 Å². The molecule has 2 aromatic rings. The van der Waals surface area contributed by atoms with Crippen LogP contribution in [-0.4, -0.2) is 19.9 Å². The van der Waals surface area contributed by atoms with Crippen LogP contribution in [0.15, 0.2) is 36.9 Å². The smallest absolute Gasteiger partial charge is 0.241 e. The molecular formula is C12H12Br2N2O2S2. The second kappa shape index (κ2) is 6.65. The Kier molecular flexibility index (Phi) is 5.36. The Hall–Kier alpha value is -0.280. The molecule has 0 amide bonds. The molecule has 108 valence electrons. The molecule has 0 aliphatic carbocycles. The summed E-state index contributed by atoms with van der Waals surface area (Å²) in [7, 11) is -3.53. The molecule has 20 heavy (non-hydrogen) atoms. The highest BCUT2D eigenvalue weighted by Crippen LogP contribution is 2.28. The number of rotatable bonds is 5. The van der Waals surface area contributed by atoms with Crippen LogP contribution >= 0.6 is 43.2 Å². The number of halogens is 2. The monoisotopic (exact) mass is 438 g/mol. The van der Waals surface area contributed by atoms with Gasteiger partial charge in [0.1, 0.15) is 0 Å². The number of benzene rings is 1. The molecule has 0 aliphatic rings. The van der Waals surface area contributed by atoms with Gasteiger partial charge in [-0.2, -0.15) is 0 Å². The normalized spacial score (nSPS) is 11.8.